The predicted octanol–water partition coefficient (Wildman–Crippen LogP) is 1.37. The number of pyridine rings is 1. The number of anilines is 1. The molecule has 8 nitrogen and oxygen atoms in total. The molecule has 0 bridgehead atoms. The second-order valence-corrected chi connectivity index (χ2v) is 7.84. The Morgan fingerprint density at radius 1 is 1.50 bits per heavy atom. The van der Waals surface area contributed by atoms with Gasteiger partial charge in [-0.2, -0.15) is 0 Å². The molecule has 1 aromatic heterocycles. The molecule has 1 amide bonds. The summed E-state index contributed by atoms with van der Waals surface area (Å²) in [7, 11) is 0. The molecule has 1 aliphatic heterocycles. The van der Waals surface area contributed by atoms with Gasteiger partial charge in [-0.1, -0.05) is 6.07 Å². The molecule has 1 saturated carbocycles. The van der Waals surface area contributed by atoms with Crippen LogP contribution in [0, 0.1) is 11.7 Å². The molecule has 2 aromatic rings. The topological polar surface area (TPSA) is 121 Å². The highest BCUT2D eigenvalue weighted by Gasteiger charge is 2.32. The van der Waals surface area contributed by atoms with Gasteiger partial charge in [-0.05, 0) is 30.9 Å². The normalized spacial score (nSPS) is 20.3. The SMILES string of the molecule is N/C=C(\C=NCC1CC1)c1ccc2cc(O)c(N3CC(=O)NS3=O)c(F)c2n1. The number of halogens is 1. The lowest BCUT2D eigenvalue weighted by atomic mass is 10.1. The molecule has 1 aromatic carbocycles. The Balaban J connectivity index is 1.74. The maximum Gasteiger partial charge on any atom is 0.253 e. The predicted molar refractivity (Wildman–Crippen MR) is 105 cm³/mol. The standard InChI is InChI=1S/C18H18FN5O3S/c19-16-17-11(5-14(25)18(16)24-9-15(26)23-28(24)27)3-4-13(22-17)12(6-20)8-21-7-10-1-2-10/h3-6,8,10,25H,1-2,7,9,20H2,(H,23,26)/b12-6+,21-8?. The van der Waals surface area contributed by atoms with E-state index >= 15 is 4.39 Å². The number of aliphatic imine (C=N–C) groups is 1. The number of fused-ring (bicyclic) bond motifs is 1. The van der Waals surface area contributed by atoms with Crippen molar-refractivity contribution in [1.82, 2.24) is 9.71 Å². The first kappa shape index (κ1) is 18.4. The number of phenolic OH excluding ortho intramolecular Hbond substituents is 1. The maximum atomic E-state index is 15.2. The Kier molecular flexibility index (Phi) is 4.71. The van der Waals surface area contributed by atoms with Crippen molar-refractivity contribution in [3.05, 3.63) is 35.9 Å². The average molecular weight is 403 g/mol. The Morgan fingerprint density at radius 2 is 2.29 bits per heavy atom. The number of rotatable bonds is 5. The molecule has 0 radical (unpaired) electrons. The minimum Gasteiger partial charge on any atom is -0.506 e. The van der Waals surface area contributed by atoms with Crippen molar-refractivity contribution in [1.29, 1.82) is 0 Å². The van der Waals surface area contributed by atoms with Crippen molar-refractivity contribution in [3.8, 4) is 5.75 Å². The number of aromatic nitrogens is 1. The zero-order valence-electron chi connectivity index (χ0n) is 14.8. The number of nitrogens with one attached hydrogen (secondary N) is 1. The van der Waals surface area contributed by atoms with Gasteiger partial charge in [0.2, 0.25) is 11.2 Å². The van der Waals surface area contributed by atoms with Gasteiger partial charge < -0.3 is 10.8 Å². The molecule has 4 rings (SSSR count). The fourth-order valence-electron chi connectivity index (χ4n) is 2.93. The van der Waals surface area contributed by atoms with Gasteiger partial charge in [-0.15, -0.1) is 0 Å². The van der Waals surface area contributed by atoms with E-state index in [0.717, 1.165) is 10.8 Å². The zero-order chi connectivity index (χ0) is 19.8. The molecule has 4 N–H and O–H groups in total. The summed E-state index contributed by atoms with van der Waals surface area (Å²) in [4.78, 5) is 20.1. The van der Waals surface area contributed by atoms with E-state index < -0.39 is 28.6 Å². The molecule has 146 valence electrons. The summed E-state index contributed by atoms with van der Waals surface area (Å²) in [6.45, 7) is 0.392. The number of nitrogens with zero attached hydrogens (tertiary/aromatic N) is 3. The monoisotopic (exact) mass is 403 g/mol. The first-order valence-corrected chi connectivity index (χ1v) is 9.82. The zero-order valence-corrected chi connectivity index (χ0v) is 15.6. The molecule has 2 fully saturated rings. The smallest absolute Gasteiger partial charge is 0.253 e. The molecule has 1 aliphatic carbocycles. The van der Waals surface area contributed by atoms with Crippen molar-refractivity contribution in [2.24, 2.45) is 16.6 Å². The number of amides is 1. The largest absolute Gasteiger partial charge is 0.506 e. The quantitative estimate of drug-likeness (QED) is 0.651. The van der Waals surface area contributed by atoms with E-state index in [1.54, 1.807) is 18.3 Å². The van der Waals surface area contributed by atoms with Crippen LogP contribution in [0.4, 0.5) is 10.1 Å². The van der Waals surface area contributed by atoms with Gasteiger partial charge in [0.25, 0.3) is 5.91 Å². The molecular formula is C18H18FN5O3S. The van der Waals surface area contributed by atoms with Crippen molar-refractivity contribution in [2.45, 2.75) is 12.8 Å². The number of allylic oxidation sites excluding steroid dienone is 1. The molecule has 2 aliphatic rings. The van der Waals surface area contributed by atoms with Crippen LogP contribution in [0.2, 0.25) is 0 Å². The van der Waals surface area contributed by atoms with E-state index in [2.05, 4.69) is 14.7 Å². The molecule has 1 unspecified atom stereocenters. The van der Waals surface area contributed by atoms with Crippen LogP contribution in [0.3, 0.4) is 0 Å². The number of hydrogen-bond acceptors (Lipinski definition) is 6. The summed E-state index contributed by atoms with van der Waals surface area (Å²) in [5.74, 6) is -1.20. The summed E-state index contributed by atoms with van der Waals surface area (Å²) in [6.07, 6.45) is 5.33. The second kappa shape index (κ2) is 7.19. The molecule has 1 atom stereocenters. The van der Waals surface area contributed by atoms with Gasteiger partial charge in [-0.25, -0.2) is 13.6 Å². The third-order valence-corrected chi connectivity index (χ3v) is 5.70. The van der Waals surface area contributed by atoms with Gasteiger partial charge in [0.1, 0.15) is 23.5 Å². The number of benzene rings is 1. The Morgan fingerprint density at radius 3 is 2.93 bits per heavy atom. The van der Waals surface area contributed by atoms with E-state index in [4.69, 9.17) is 5.73 Å². The highest BCUT2D eigenvalue weighted by atomic mass is 32.2. The lowest BCUT2D eigenvalue weighted by Crippen LogP contribution is -2.23. The molecule has 10 heteroatoms. The summed E-state index contributed by atoms with van der Waals surface area (Å²) >= 11 is -1.97. The number of aromatic hydroxyl groups is 1. The lowest BCUT2D eigenvalue weighted by Gasteiger charge is -2.17. The van der Waals surface area contributed by atoms with Gasteiger partial charge in [0, 0.05) is 29.9 Å². The van der Waals surface area contributed by atoms with Crippen LogP contribution in [-0.4, -0.2) is 39.5 Å². The summed E-state index contributed by atoms with van der Waals surface area (Å²) in [5, 5.41) is 10.6. The lowest BCUT2D eigenvalue weighted by molar-refractivity contribution is -0.117. The summed E-state index contributed by atoms with van der Waals surface area (Å²) in [5.41, 5.74) is 6.27. The van der Waals surface area contributed by atoms with Crippen LogP contribution in [0.5, 0.6) is 5.75 Å². The van der Waals surface area contributed by atoms with Crippen LogP contribution in [-0.2, 0) is 16.0 Å². The number of carbonyl (C=O) groups excluding carboxylic acids is 1. The van der Waals surface area contributed by atoms with Crippen LogP contribution in [0.15, 0.2) is 29.4 Å². The van der Waals surface area contributed by atoms with Crippen LogP contribution in [0.1, 0.15) is 18.5 Å². The molecular weight excluding hydrogens is 385 g/mol. The van der Waals surface area contributed by atoms with Gasteiger partial charge in [0.05, 0.1) is 5.69 Å². The Bertz CT molecular complexity index is 1050. The molecule has 28 heavy (non-hydrogen) atoms. The van der Waals surface area contributed by atoms with Gasteiger partial charge in [-0.3, -0.25) is 18.8 Å². The van der Waals surface area contributed by atoms with Crippen LogP contribution >= 0.6 is 0 Å². The van der Waals surface area contributed by atoms with Crippen LogP contribution < -0.4 is 14.8 Å². The number of carbonyl (C=O) groups is 1. The molecule has 2 heterocycles. The van der Waals surface area contributed by atoms with E-state index in [0.29, 0.717) is 22.6 Å². The van der Waals surface area contributed by atoms with E-state index in [1.165, 1.54) is 25.1 Å². The van der Waals surface area contributed by atoms with Crippen LogP contribution in [0.25, 0.3) is 16.5 Å². The fraction of sp³-hybridized carbons (Fsp3) is 0.278. The third-order valence-electron chi connectivity index (χ3n) is 4.58. The van der Waals surface area contributed by atoms with Crippen molar-refractivity contribution in [3.63, 3.8) is 0 Å². The van der Waals surface area contributed by atoms with Crippen molar-refractivity contribution < 1.29 is 18.5 Å². The summed E-state index contributed by atoms with van der Waals surface area (Å²) in [6, 6.07) is 4.58. The minimum absolute atomic E-state index is 0.0309. The van der Waals surface area contributed by atoms with Crippen molar-refractivity contribution >= 4 is 45.5 Å². The highest BCUT2D eigenvalue weighted by molar-refractivity contribution is 7.85. The average Bonchev–Trinajstić information content (AvgIpc) is 3.43. The number of nitrogens with two attached hydrogens (primary N) is 1. The number of hydrogen-bond donors (Lipinski definition) is 3. The van der Waals surface area contributed by atoms with Gasteiger partial charge in [0.15, 0.2) is 5.82 Å². The van der Waals surface area contributed by atoms with E-state index in [9.17, 15) is 14.1 Å². The summed E-state index contributed by atoms with van der Waals surface area (Å²) < 4.78 is 30.3. The molecule has 1 saturated heterocycles. The Hall–Kier alpha value is -3.01. The first-order chi connectivity index (χ1) is 13.5. The van der Waals surface area contributed by atoms with E-state index in [-0.39, 0.29) is 17.7 Å². The highest BCUT2D eigenvalue weighted by Crippen LogP contribution is 2.37. The molecule has 0 spiro atoms. The first-order valence-electron chi connectivity index (χ1n) is 8.71. The van der Waals surface area contributed by atoms with Gasteiger partial charge >= 0.3 is 0 Å². The Labute approximate surface area is 162 Å². The van der Waals surface area contributed by atoms with E-state index in [1.807, 2.05) is 0 Å². The second-order valence-electron chi connectivity index (χ2n) is 6.70. The minimum atomic E-state index is -1.97. The number of phenols is 1. The fourth-order valence-corrected chi connectivity index (χ4v) is 3.87. The third kappa shape index (κ3) is 3.42. The maximum absolute atomic E-state index is 15.2. The van der Waals surface area contributed by atoms with Crippen molar-refractivity contribution in [2.75, 3.05) is 17.4 Å².